The number of hydrazine groups is 1. The summed E-state index contributed by atoms with van der Waals surface area (Å²) in [5.41, 5.74) is 3.82. The molecule has 0 aromatic heterocycles. The third-order valence-electron chi connectivity index (χ3n) is 2.92. The molecule has 1 aromatic rings. The van der Waals surface area contributed by atoms with Gasteiger partial charge in [-0.1, -0.05) is 11.6 Å². The van der Waals surface area contributed by atoms with E-state index in [4.69, 9.17) is 9.84 Å². The standard InChI is InChI=1S/C13H17N3O4/c1-9-2-3-11(10(8-9)12(17)18)14-13(19)15-16-4-6-20-7-5-16/h2-3,8H,4-7H2,1H3,(H,17,18)(H2,14,15,19). The summed E-state index contributed by atoms with van der Waals surface area (Å²) in [5.74, 6) is -1.07. The number of benzene rings is 1. The Morgan fingerprint density at radius 1 is 1.30 bits per heavy atom. The fraction of sp³-hybridized carbons (Fsp3) is 0.385. The molecule has 1 aliphatic rings. The number of carboxylic acids is 1. The number of hydrogen-bond acceptors (Lipinski definition) is 4. The molecule has 2 amide bonds. The van der Waals surface area contributed by atoms with Crippen molar-refractivity contribution in [1.29, 1.82) is 0 Å². The van der Waals surface area contributed by atoms with E-state index in [1.165, 1.54) is 6.07 Å². The van der Waals surface area contributed by atoms with E-state index in [-0.39, 0.29) is 11.3 Å². The van der Waals surface area contributed by atoms with Gasteiger partial charge in [0, 0.05) is 13.1 Å². The maximum absolute atomic E-state index is 11.8. The van der Waals surface area contributed by atoms with Crippen molar-refractivity contribution in [3.8, 4) is 0 Å². The smallest absolute Gasteiger partial charge is 0.337 e. The van der Waals surface area contributed by atoms with Gasteiger partial charge in [-0.2, -0.15) is 0 Å². The van der Waals surface area contributed by atoms with E-state index in [1.54, 1.807) is 24.1 Å². The molecule has 0 atom stereocenters. The molecule has 1 heterocycles. The van der Waals surface area contributed by atoms with Crippen LogP contribution in [0.5, 0.6) is 0 Å². The Kier molecular flexibility index (Phi) is 4.54. The van der Waals surface area contributed by atoms with Crippen molar-refractivity contribution in [2.75, 3.05) is 31.6 Å². The van der Waals surface area contributed by atoms with Crippen molar-refractivity contribution >= 4 is 17.7 Å². The van der Waals surface area contributed by atoms with Crippen LogP contribution in [0.3, 0.4) is 0 Å². The van der Waals surface area contributed by atoms with Crippen molar-refractivity contribution in [3.63, 3.8) is 0 Å². The number of rotatable bonds is 3. The molecule has 20 heavy (non-hydrogen) atoms. The Morgan fingerprint density at radius 2 is 2.00 bits per heavy atom. The van der Waals surface area contributed by atoms with E-state index in [0.29, 0.717) is 26.3 Å². The highest BCUT2D eigenvalue weighted by molar-refractivity contribution is 6.00. The van der Waals surface area contributed by atoms with E-state index in [1.807, 2.05) is 0 Å². The minimum Gasteiger partial charge on any atom is -0.478 e. The maximum atomic E-state index is 11.8. The first-order valence-corrected chi connectivity index (χ1v) is 6.30. The molecule has 1 fully saturated rings. The van der Waals surface area contributed by atoms with E-state index in [0.717, 1.165) is 5.56 Å². The number of aromatic carboxylic acids is 1. The van der Waals surface area contributed by atoms with Gasteiger partial charge < -0.3 is 15.2 Å². The van der Waals surface area contributed by atoms with Crippen LogP contribution in [0.1, 0.15) is 15.9 Å². The maximum Gasteiger partial charge on any atom is 0.337 e. The number of anilines is 1. The van der Waals surface area contributed by atoms with Gasteiger partial charge in [-0.3, -0.25) is 5.43 Å². The highest BCUT2D eigenvalue weighted by Crippen LogP contribution is 2.17. The Hall–Kier alpha value is -2.12. The zero-order valence-corrected chi connectivity index (χ0v) is 11.2. The molecule has 108 valence electrons. The van der Waals surface area contributed by atoms with Crippen LogP contribution in [0.15, 0.2) is 18.2 Å². The van der Waals surface area contributed by atoms with Gasteiger partial charge in [-0.05, 0) is 19.1 Å². The fourth-order valence-corrected chi connectivity index (χ4v) is 1.91. The Bertz CT molecular complexity index is 512. The summed E-state index contributed by atoms with van der Waals surface area (Å²) in [7, 11) is 0. The number of morpholine rings is 1. The summed E-state index contributed by atoms with van der Waals surface area (Å²) in [6, 6.07) is 4.39. The molecule has 0 spiro atoms. The lowest BCUT2D eigenvalue weighted by molar-refractivity contribution is 0.0207. The van der Waals surface area contributed by atoms with Gasteiger partial charge in [0.25, 0.3) is 0 Å². The van der Waals surface area contributed by atoms with Crippen LogP contribution in [-0.2, 0) is 4.74 Å². The first-order valence-electron chi connectivity index (χ1n) is 6.30. The summed E-state index contributed by atoms with van der Waals surface area (Å²) in [6.07, 6.45) is 0. The van der Waals surface area contributed by atoms with Crippen LogP contribution in [0.2, 0.25) is 0 Å². The molecule has 7 heteroatoms. The average molecular weight is 279 g/mol. The minimum absolute atomic E-state index is 0.0714. The van der Waals surface area contributed by atoms with Gasteiger partial charge in [-0.15, -0.1) is 0 Å². The third kappa shape index (κ3) is 3.69. The number of carbonyl (C=O) groups is 2. The van der Waals surface area contributed by atoms with E-state index in [9.17, 15) is 9.59 Å². The first kappa shape index (κ1) is 14.3. The number of ether oxygens (including phenoxy) is 1. The van der Waals surface area contributed by atoms with Crippen LogP contribution in [-0.4, -0.2) is 48.4 Å². The van der Waals surface area contributed by atoms with Crippen molar-refractivity contribution < 1.29 is 19.4 Å². The Labute approximate surface area is 116 Å². The number of aryl methyl sites for hydroxylation is 1. The molecule has 1 aromatic carbocycles. The highest BCUT2D eigenvalue weighted by Gasteiger charge is 2.16. The number of urea groups is 1. The van der Waals surface area contributed by atoms with Crippen LogP contribution in [0, 0.1) is 6.92 Å². The van der Waals surface area contributed by atoms with Crippen LogP contribution < -0.4 is 10.7 Å². The van der Waals surface area contributed by atoms with Gasteiger partial charge in [0.1, 0.15) is 0 Å². The molecule has 0 bridgehead atoms. The van der Waals surface area contributed by atoms with Crippen molar-refractivity contribution in [2.24, 2.45) is 0 Å². The van der Waals surface area contributed by atoms with Gasteiger partial charge in [0.05, 0.1) is 24.5 Å². The molecular formula is C13H17N3O4. The van der Waals surface area contributed by atoms with Crippen molar-refractivity contribution in [3.05, 3.63) is 29.3 Å². The number of carboxylic acid groups (broad SMARTS) is 1. The summed E-state index contributed by atoms with van der Waals surface area (Å²) >= 11 is 0. The molecule has 7 nitrogen and oxygen atoms in total. The molecule has 3 N–H and O–H groups in total. The molecule has 0 radical (unpaired) electrons. The van der Waals surface area contributed by atoms with Gasteiger partial charge in [0.15, 0.2) is 0 Å². The molecule has 1 aliphatic heterocycles. The summed E-state index contributed by atoms with van der Waals surface area (Å²) in [4.78, 5) is 23.0. The highest BCUT2D eigenvalue weighted by atomic mass is 16.5. The second-order valence-electron chi connectivity index (χ2n) is 4.52. The van der Waals surface area contributed by atoms with Crippen molar-refractivity contribution in [2.45, 2.75) is 6.92 Å². The summed E-state index contributed by atoms with van der Waals surface area (Å²) in [5, 5.41) is 13.4. The molecule has 0 aliphatic carbocycles. The Morgan fingerprint density at radius 3 is 2.65 bits per heavy atom. The lowest BCUT2D eigenvalue weighted by Crippen LogP contribution is -2.49. The molecule has 0 unspecified atom stereocenters. The summed E-state index contributed by atoms with van der Waals surface area (Å²) < 4.78 is 5.17. The van der Waals surface area contributed by atoms with E-state index in [2.05, 4.69) is 10.7 Å². The number of nitrogens with one attached hydrogen (secondary N) is 2. The second-order valence-corrected chi connectivity index (χ2v) is 4.52. The fourth-order valence-electron chi connectivity index (χ4n) is 1.91. The number of amides is 2. The minimum atomic E-state index is -1.07. The first-order chi connectivity index (χ1) is 9.56. The van der Waals surface area contributed by atoms with Gasteiger partial charge in [0.2, 0.25) is 0 Å². The van der Waals surface area contributed by atoms with Crippen molar-refractivity contribution in [1.82, 2.24) is 10.4 Å². The second kappa shape index (κ2) is 6.36. The van der Waals surface area contributed by atoms with Crippen LogP contribution in [0.25, 0.3) is 0 Å². The molecule has 0 saturated carbocycles. The van der Waals surface area contributed by atoms with Crippen LogP contribution in [0.4, 0.5) is 10.5 Å². The lowest BCUT2D eigenvalue weighted by Gasteiger charge is -2.27. The Balaban J connectivity index is 2.01. The normalized spacial score (nSPS) is 15.7. The average Bonchev–Trinajstić information content (AvgIpc) is 2.41. The monoisotopic (exact) mass is 279 g/mol. The largest absolute Gasteiger partial charge is 0.478 e. The number of hydrogen-bond donors (Lipinski definition) is 3. The lowest BCUT2D eigenvalue weighted by atomic mass is 10.1. The predicted molar refractivity (Wildman–Crippen MR) is 72.7 cm³/mol. The van der Waals surface area contributed by atoms with Crippen LogP contribution >= 0.6 is 0 Å². The SMILES string of the molecule is Cc1ccc(NC(=O)NN2CCOCC2)c(C(=O)O)c1. The van der Waals surface area contributed by atoms with E-state index < -0.39 is 12.0 Å². The van der Waals surface area contributed by atoms with Gasteiger partial charge in [-0.25, -0.2) is 14.6 Å². The van der Waals surface area contributed by atoms with Gasteiger partial charge >= 0.3 is 12.0 Å². The number of carbonyl (C=O) groups excluding carboxylic acids is 1. The summed E-state index contributed by atoms with van der Waals surface area (Å²) in [6.45, 7) is 4.13. The predicted octanol–water partition coefficient (Wildman–Crippen LogP) is 1.06. The zero-order valence-electron chi connectivity index (χ0n) is 11.2. The van der Waals surface area contributed by atoms with E-state index >= 15 is 0 Å². The molecule has 2 rings (SSSR count). The topological polar surface area (TPSA) is 90.9 Å². The molecule has 1 saturated heterocycles. The zero-order chi connectivity index (χ0) is 14.5. The third-order valence-corrected chi connectivity index (χ3v) is 2.92. The number of nitrogens with zero attached hydrogens (tertiary/aromatic N) is 1. The molecular weight excluding hydrogens is 262 g/mol. The quantitative estimate of drug-likeness (QED) is 0.769.